The van der Waals surface area contributed by atoms with Crippen LogP contribution in [0.5, 0.6) is 0 Å². The Bertz CT molecular complexity index is 1230. The van der Waals surface area contributed by atoms with Crippen molar-refractivity contribution in [3.8, 4) is 0 Å². The molecular weight excluding hydrogens is 661 g/mol. The van der Waals surface area contributed by atoms with Gasteiger partial charge in [0.2, 0.25) is 12.6 Å². The minimum atomic E-state index is -2.29. The first kappa shape index (κ1) is 42.4. The van der Waals surface area contributed by atoms with Gasteiger partial charge < -0.3 is 27.8 Å². The van der Waals surface area contributed by atoms with Gasteiger partial charge in [0.1, 0.15) is 0 Å². The van der Waals surface area contributed by atoms with Crippen LogP contribution in [-0.4, -0.2) is 66.3 Å². The second-order valence-electron chi connectivity index (χ2n) is 15.6. The summed E-state index contributed by atoms with van der Waals surface area (Å²) < 4.78 is 34.7. The second kappa shape index (κ2) is 17.9. The summed E-state index contributed by atoms with van der Waals surface area (Å²) in [4.78, 5) is 51.2. The van der Waals surface area contributed by atoms with Crippen molar-refractivity contribution < 1.29 is 47.0 Å². The Morgan fingerprint density at radius 2 is 1.02 bits per heavy atom. The molecule has 12 heteroatoms. The van der Waals surface area contributed by atoms with Gasteiger partial charge in [-0.3, -0.25) is 9.59 Å². The highest BCUT2D eigenvalue weighted by atomic mass is 28.4. The molecule has 2 unspecified atom stereocenters. The van der Waals surface area contributed by atoms with Gasteiger partial charge in [-0.1, -0.05) is 92.5 Å². The smallest absolute Gasteiger partial charge is 0.337 e. The van der Waals surface area contributed by atoms with Crippen LogP contribution in [0, 0.1) is 0 Å². The molecule has 0 saturated heterocycles. The fraction of sp³-hybridized carbons (Fsp3) is 0.676. The number of unbranched alkanes of at least 4 members (excludes halogenated alkanes) is 2. The molecule has 2 atom stereocenters. The Morgan fingerprint density at radius 1 is 0.673 bits per heavy atom. The molecule has 0 spiro atoms. The fourth-order valence-electron chi connectivity index (χ4n) is 4.33. The van der Waals surface area contributed by atoms with Crippen LogP contribution in [0.1, 0.15) is 100 Å². The highest BCUT2D eigenvalue weighted by Crippen LogP contribution is 2.41. The molecule has 0 radical (unpaired) electrons. The first-order chi connectivity index (χ1) is 22.6. The van der Waals surface area contributed by atoms with Crippen molar-refractivity contribution in [2.45, 2.75) is 149 Å². The van der Waals surface area contributed by atoms with E-state index in [1.807, 2.05) is 24.3 Å². The van der Waals surface area contributed by atoms with Crippen LogP contribution in [0.2, 0.25) is 36.3 Å². The molecule has 0 aromatic carbocycles. The first-order valence-corrected chi connectivity index (χ1v) is 23.3. The molecule has 0 aliphatic carbocycles. The van der Waals surface area contributed by atoms with Crippen molar-refractivity contribution in [2.24, 2.45) is 0 Å². The van der Waals surface area contributed by atoms with E-state index >= 15 is 0 Å². The molecule has 0 amide bonds. The Balaban J connectivity index is 2.00. The maximum atomic E-state index is 12.9. The summed E-state index contributed by atoms with van der Waals surface area (Å²) in [6.07, 6.45) is 8.99. The number of rotatable bonds is 18. The molecule has 0 bridgehead atoms. The van der Waals surface area contributed by atoms with Crippen LogP contribution in [0.4, 0.5) is 0 Å². The number of hydrogen-bond donors (Lipinski definition) is 0. The monoisotopic (exact) mass is 720 g/mol. The summed E-state index contributed by atoms with van der Waals surface area (Å²) >= 11 is 0. The number of carbonyl (C=O) groups excluding carboxylic acids is 4. The Morgan fingerprint density at radius 3 is 1.33 bits per heavy atom. The number of cyclic esters (lactones) is 2. The lowest BCUT2D eigenvalue weighted by Crippen LogP contribution is -2.44. The van der Waals surface area contributed by atoms with Crippen LogP contribution in [0.15, 0.2) is 46.6 Å². The number of hydrogen-bond acceptors (Lipinski definition) is 10. The molecule has 0 saturated carbocycles. The zero-order valence-corrected chi connectivity index (χ0v) is 33.9. The van der Waals surface area contributed by atoms with Crippen molar-refractivity contribution in [1.29, 1.82) is 0 Å². The maximum Gasteiger partial charge on any atom is 0.337 e. The topological polar surface area (TPSA) is 124 Å². The maximum absolute atomic E-state index is 12.9. The van der Waals surface area contributed by atoms with Gasteiger partial charge in [0.15, 0.2) is 16.6 Å². The Hall–Kier alpha value is -2.81. The molecule has 0 aromatic rings. The van der Waals surface area contributed by atoms with Crippen LogP contribution in [-0.2, 0) is 47.0 Å². The van der Waals surface area contributed by atoms with Gasteiger partial charge >= 0.3 is 23.9 Å². The summed E-state index contributed by atoms with van der Waals surface area (Å²) in [5, 5.41) is -0.203. The zero-order chi connectivity index (χ0) is 37.2. The van der Waals surface area contributed by atoms with Gasteiger partial charge in [0.25, 0.3) is 0 Å². The minimum absolute atomic E-state index is 0.0164. The summed E-state index contributed by atoms with van der Waals surface area (Å²) in [5.41, 5.74) is 1.55. The summed E-state index contributed by atoms with van der Waals surface area (Å²) in [5.74, 6) is -2.37. The molecule has 2 rings (SSSR count). The van der Waals surface area contributed by atoms with Crippen molar-refractivity contribution in [3.63, 3.8) is 0 Å². The second-order valence-corrected chi connectivity index (χ2v) is 25.1. The molecule has 0 aromatic heterocycles. The largest absolute Gasteiger partial charge is 0.465 e. The Kier molecular flexibility index (Phi) is 15.5. The van der Waals surface area contributed by atoms with E-state index in [4.69, 9.17) is 27.8 Å². The van der Waals surface area contributed by atoms with Crippen molar-refractivity contribution in [1.82, 2.24) is 0 Å². The van der Waals surface area contributed by atoms with Crippen molar-refractivity contribution in [3.05, 3.63) is 46.6 Å². The lowest BCUT2D eigenvalue weighted by atomic mass is 10.1. The molecule has 2 heterocycles. The number of esters is 4. The van der Waals surface area contributed by atoms with Crippen molar-refractivity contribution >= 4 is 40.5 Å². The predicted octanol–water partition coefficient (Wildman–Crippen LogP) is 8.36. The van der Waals surface area contributed by atoms with Gasteiger partial charge in [-0.2, -0.15) is 0 Å². The summed E-state index contributed by atoms with van der Waals surface area (Å²) in [7, 11) is -4.57. The lowest BCUT2D eigenvalue weighted by molar-refractivity contribution is -0.153. The SMILES string of the molecule is CCC/C=C/C1=C(CC(=O)OCCCOC(=O)CC2=C(/C=C/CCC)C(O[Si](C)(C)C(C)(C)C)OC2=O)C(=O)OC1O[Si](C)(C)C(C)(C)C. The Labute approximate surface area is 295 Å². The van der Waals surface area contributed by atoms with Crippen LogP contribution in [0.25, 0.3) is 0 Å². The average molecular weight is 721 g/mol. The average Bonchev–Trinajstić information content (AvgIpc) is 3.40. The van der Waals surface area contributed by atoms with E-state index < -0.39 is 53.1 Å². The molecule has 2 aliphatic rings. The number of ether oxygens (including phenoxy) is 4. The van der Waals surface area contributed by atoms with Crippen LogP contribution in [0.3, 0.4) is 0 Å². The normalized spacial score (nSPS) is 19.3. The van der Waals surface area contributed by atoms with E-state index in [0.717, 1.165) is 25.7 Å². The highest BCUT2D eigenvalue weighted by Gasteiger charge is 2.45. The van der Waals surface area contributed by atoms with Crippen LogP contribution >= 0.6 is 0 Å². The molecular formula is C37H60O10Si2. The quantitative estimate of drug-likeness (QED) is 0.0591. The van der Waals surface area contributed by atoms with E-state index in [2.05, 4.69) is 81.6 Å². The predicted molar refractivity (Wildman–Crippen MR) is 194 cm³/mol. The molecule has 49 heavy (non-hydrogen) atoms. The zero-order valence-electron chi connectivity index (χ0n) is 31.9. The van der Waals surface area contributed by atoms with Crippen LogP contribution < -0.4 is 0 Å². The van der Waals surface area contributed by atoms with E-state index in [0.29, 0.717) is 11.1 Å². The third-order valence-electron chi connectivity index (χ3n) is 9.50. The standard InChI is InChI=1S/C37H60O10Si2/c1-13-15-17-20-26-28(32(40)44-34(26)46-48(9,10)36(3,4)5)24-30(38)42-22-19-23-43-31(39)25-29-27(21-18-16-14-2)35(45-33(29)41)47-49(11,12)37(6,7)8/h17-18,20-21,34-35H,13-16,19,22-25H2,1-12H3/b20-17+,21-18+. The first-order valence-electron chi connectivity index (χ1n) is 17.5. The highest BCUT2D eigenvalue weighted by molar-refractivity contribution is 6.74. The summed E-state index contributed by atoms with van der Waals surface area (Å²) in [6, 6.07) is 0. The van der Waals surface area contributed by atoms with Gasteiger partial charge in [0, 0.05) is 17.6 Å². The fourth-order valence-corrected chi connectivity index (χ4v) is 6.46. The van der Waals surface area contributed by atoms with Crippen molar-refractivity contribution in [2.75, 3.05) is 13.2 Å². The molecule has 10 nitrogen and oxygen atoms in total. The third kappa shape index (κ3) is 12.2. The van der Waals surface area contributed by atoms with E-state index in [-0.39, 0.29) is 53.7 Å². The van der Waals surface area contributed by atoms with Gasteiger partial charge in [-0.25, -0.2) is 9.59 Å². The van der Waals surface area contributed by atoms with E-state index in [1.54, 1.807) is 0 Å². The lowest BCUT2D eigenvalue weighted by Gasteiger charge is -2.38. The van der Waals surface area contributed by atoms with Gasteiger partial charge in [-0.05, 0) is 49.1 Å². The van der Waals surface area contributed by atoms with Gasteiger partial charge in [-0.15, -0.1) is 0 Å². The molecule has 0 N–H and O–H groups in total. The van der Waals surface area contributed by atoms with Gasteiger partial charge in [0.05, 0.1) is 37.2 Å². The molecule has 2 aliphatic heterocycles. The summed E-state index contributed by atoms with van der Waals surface area (Å²) in [6.45, 7) is 25.0. The van der Waals surface area contributed by atoms with E-state index in [1.165, 1.54) is 0 Å². The third-order valence-corrected chi connectivity index (χ3v) is 18.3. The molecule has 276 valence electrons. The number of allylic oxidation sites excluding steroid dienone is 2. The minimum Gasteiger partial charge on any atom is -0.465 e. The van der Waals surface area contributed by atoms with E-state index in [9.17, 15) is 19.2 Å². The number of carbonyl (C=O) groups is 4. The molecule has 0 fully saturated rings.